The van der Waals surface area contributed by atoms with E-state index in [0.29, 0.717) is 10.7 Å². The Kier molecular flexibility index (Phi) is 9.12. The number of anilines is 1. The van der Waals surface area contributed by atoms with Crippen LogP contribution in [-0.2, 0) is 32.6 Å². The zero-order valence-corrected chi connectivity index (χ0v) is 22.1. The van der Waals surface area contributed by atoms with Crippen LogP contribution in [0.1, 0.15) is 25.0 Å². The topological polar surface area (TPSA) is 86.8 Å². The monoisotopic (exact) mass is 527 g/mol. The van der Waals surface area contributed by atoms with Gasteiger partial charge in [-0.2, -0.15) is 0 Å². The molecule has 0 bridgehead atoms. The van der Waals surface area contributed by atoms with E-state index in [0.717, 1.165) is 21.9 Å². The van der Waals surface area contributed by atoms with Crippen LogP contribution in [0.5, 0.6) is 0 Å². The molecule has 3 aromatic rings. The van der Waals surface area contributed by atoms with E-state index in [1.807, 2.05) is 19.1 Å². The number of hydrogen-bond donors (Lipinski definition) is 1. The second-order valence-corrected chi connectivity index (χ2v) is 10.6. The van der Waals surface area contributed by atoms with Gasteiger partial charge in [0.2, 0.25) is 11.8 Å². The second-order valence-electron chi connectivity index (χ2n) is 8.29. The molecule has 3 rings (SSSR count). The van der Waals surface area contributed by atoms with E-state index in [-0.39, 0.29) is 17.3 Å². The molecule has 0 aliphatic heterocycles. The Bertz CT molecular complexity index is 1300. The average Bonchev–Trinajstić information content (AvgIpc) is 2.90. The van der Waals surface area contributed by atoms with E-state index in [1.54, 1.807) is 61.5 Å². The number of nitrogens with zero attached hydrogens (tertiary/aromatic N) is 2. The quantitative estimate of drug-likeness (QED) is 0.427. The van der Waals surface area contributed by atoms with E-state index >= 15 is 0 Å². The summed E-state index contributed by atoms with van der Waals surface area (Å²) in [5.74, 6) is -0.889. The van der Waals surface area contributed by atoms with Crippen molar-refractivity contribution in [2.45, 2.75) is 37.8 Å². The highest BCUT2D eigenvalue weighted by molar-refractivity contribution is 7.92. The lowest BCUT2D eigenvalue weighted by molar-refractivity contribution is -0.139. The predicted octanol–water partition coefficient (Wildman–Crippen LogP) is 4.26. The normalized spacial score (nSPS) is 12.0. The van der Waals surface area contributed by atoms with Crippen molar-refractivity contribution in [2.75, 3.05) is 17.9 Å². The minimum absolute atomic E-state index is 0.0677. The molecule has 36 heavy (non-hydrogen) atoms. The fourth-order valence-electron chi connectivity index (χ4n) is 3.77. The van der Waals surface area contributed by atoms with Crippen LogP contribution in [0.15, 0.2) is 83.8 Å². The number of halogens is 1. The molecule has 1 atom stereocenters. The Labute approximate surface area is 217 Å². The Morgan fingerprint density at radius 2 is 1.61 bits per heavy atom. The van der Waals surface area contributed by atoms with Gasteiger partial charge in [0.1, 0.15) is 12.6 Å². The molecule has 0 fully saturated rings. The van der Waals surface area contributed by atoms with Gasteiger partial charge in [0.05, 0.1) is 10.6 Å². The van der Waals surface area contributed by atoms with Gasteiger partial charge in [-0.05, 0) is 60.9 Å². The summed E-state index contributed by atoms with van der Waals surface area (Å²) in [4.78, 5) is 27.6. The van der Waals surface area contributed by atoms with Crippen LogP contribution in [0.25, 0.3) is 0 Å². The molecule has 0 aliphatic rings. The van der Waals surface area contributed by atoms with Gasteiger partial charge in [0.15, 0.2) is 0 Å². The summed E-state index contributed by atoms with van der Waals surface area (Å²) < 4.78 is 28.4. The molecule has 0 unspecified atom stereocenters. The molecule has 0 aromatic heterocycles. The number of benzene rings is 3. The maximum Gasteiger partial charge on any atom is 0.264 e. The number of aryl methyl sites for hydroxylation is 1. The Balaban J connectivity index is 2.02. The zero-order valence-electron chi connectivity index (χ0n) is 20.5. The van der Waals surface area contributed by atoms with Crippen molar-refractivity contribution in [2.24, 2.45) is 0 Å². The summed E-state index contributed by atoms with van der Waals surface area (Å²) in [7, 11) is -2.58. The highest BCUT2D eigenvalue weighted by atomic mass is 35.5. The fourth-order valence-corrected chi connectivity index (χ4v) is 5.42. The molecule has 190 valence electrons. The lowest BCUT2D eigenvalue weighted by Crippen LogP contribution is -2.50. The zero-order chi connectivity index (χ0) is 26.3. The number of nitrogens with one attached hydrogen (secondary N) is 1. The first kappa shape index (κ1) is 27.2. The van der Waals surface area contributed by atoms with Gasteiger partial charge in [0, 0.05) is 18.6 Å². The van der Waals surface area contributed by atoms with Crippen molar-refractivity contribution in [3.8, 4) is 0 Å². The van der Waals surface area contributed by atoms with E-state index in [1.165, 1.54) is 24.1 Å². The smallest absolute Gasteiger partial charge is 0.264 e. The van der Waals surface area contributed by atoms with Crippen molar-refractivity contribution in [3.63, 3.8) is 0 Å². The van der Waals surface area contributed by atoms with Crippen molar-refractivity contribution >= 4 is 39.1 Å². The Hall–Kier alpha value is -3.36. The molecule has 9 heteroatoms. The summed E-state index contributed by atoms with van der Waals surface area (Å²) in [6, 6.07) is 21.2. The molecule has 0 aliphatic carbocycles. The number of likely N-dealkylation sites (N-methyl/N-ethyl adjacent to an activating group) is 1. The predicted molar refractivity (Wildman–Crippen MR) is 142 cm³/mol. The number of carbonyl (C=O) groups excluding carboxylic acids is 2. The summed E-state index contributed by atoms with van der Waals surface area (Å²) in [5.41, 5.74) is 2.12. The molecule has 0 saturated carbocycles. The van der Waals surface area contributed by atoms with Crippen molar-refractivity contribution in [3.05, 3.63) is 95.0 Å². The number of carbonyl (C=O) groups is 2. The Morgan fingerprint density at radius 1 is 0.944 bits per heavy atom. The molecule has 0 radical (unpaired) electrons. The Morgan fingerprint density at radius 3 is 2.19 bits per heavy atom. The summed E-state index contributed by atoms with van der Waals surface area (Å²) in [5, 5.41) is 3.06. The second kappa shape index (κ2) is 12.1. The molecular weight excluding hydrogens is 498 g/mol. The van der Waals surface area contributed by atoms with Crippen LogP contribution in [-0.4, -0.2) is 44.8 Å². The third-order valence-electron chi connectivity index (χ3n) is 5.90. The van der Waals surface area contributed by atoms with Gasteiger partial charge in [-0.15, -0.1) is 0 Å². The fraction of sp³-hybridized carbons (Fsp3) is 0.259. The molecule has 7 nitrogen and oxygen atoms in total. The maximum absolute atomic E-state index is 13.7. The van der Waals surface area contributed by atoms with Crippen LogP contribution < -0.4 is 9.62 Å². The van der Waals surface area contributed by atoms with Gasteiger partial charge >= 0.3 is 0 Å². The minimum atomic E-state index is -4.07. The third kappa shape index (κ3) is 6.44. The molecule has 2 amide bonds. The van der Waals surface area contributed by atoms with E-state index in [9.17, 15) is 18.0 Å². The number of rotatable bonds is 10. The first-order chi connectivity index (χ1) is 17.2. The standard InChI is InChI=1S/C27H30ClN3O4S/c1-4-21-13-15-24(16-14-21)31(36(34,35)25-11-6-5-7-12-25)19-26(32)30(20(2)27(33)29-3)18-22-9-8-10-23(28)17-22/h5-17,20H,4,18-19H2,1-3H3,(H,29,33)/t20-/m1/s1. The first-order valence-corrected chi connectivity index (χ1v) is 13.4. The molecule has 0 saturated heterocycles. The molecular formula is C27H30ClN3O4S. The van der Waals surface area contributed by atoms with Crippen molar-refractivity contribution in [1.29, 1.82) is 0 Å². The average molecular weight is 528 g/mol. The SMILES string of the molecule is CCc1ccc(N(CC(=O)N(Cc2cccc(Cl)c2)[C@H](C)C(=O)NC)S(=O)(=O)c2ccccc2)cc1. The van der Waals surface area contributed by atoms with Crippen molar-refractivity contribution in [1.82, 2.24) is 10.2 Å². The lowest BCUT2D eigenvalue weighted by Gasteiger charge is -2.31. The van der Waals surface area contributed by atoms with E-state index in [4.69, 9.17) is 11.6 Å². The summed E-state index contributed by atoms with van der Waals surface area (Å²) in [6.07, 6.45) is 0.793. The number of sulfonamides is 1. The van der Waals surface area contributed by atoms with E-state index < -0.39 is 28.5 Å². The lowest BCUT2D eigenvalue weighted by atomic mass is 10.1. The van der Waals surface area contributed by atoms with Gasteiger partial charge in [-0.3, -0.25) is 13.9 Å². The molecule has 3 aromatic carbocycles. The molecule has 1 N–H and O–H groups in total. The molecule has 0 heterocycles. The van der Waals surface area contributed by atoms with Crippen LogP contribution in [0.3, 0.4) is 0 Å². The van der Waals surface area contributed by atoms with Crippen molar-refractivity contribution < 1.29 is 18.0 Å². The summed E-state index contributed by atoms with van der Waals surface area (Å²) in [6.45, 7) is 3.21. The van der Waals surface area contributed by atoms with Crippen LogP contribution in [0.4, 0.5) is 5.69 Å². The largest absolute Gasteiger partial charge is 0.357 e. The maximum atomic E-state index is 13.7. The van der Waals surface area contributed by atoms with Gasteiger partial charge in [0.25, 0.3) is 10.0 Å². The molecule has 0 spiro atoms. The first-order valence-electron chi connectivity index (χ1n) is 11.6. The minimum Gasteiger partial charge on any atom is -0.357 e. The third-order valence-corrected chi connectivity index (χ3v) is 7.92. The van der Waals surface area contributed by atoms with Crippen LogP contribution >= 0.6 is 11.6 Å². The number of amides is 2. The van der Waals surface area contributed by atoms with Gasteiger partial charge < -0.3 is 10.2 Å². The summed E-state index contributed by atoms with van der Waals surface area (Å²) >= 11 is 6.12. The number of hydrogen-bond acceptors (Lipinski definition) is 4. The van der Waals surface area contributed by atoms with Gasteiger partial charge in [-0.1, -0.05) is 61.0 Å². The van der Waals surface area contributed by atoms with Crippen LogP contribution in [0, 0.1) is 0 Å². The van der Waals surface area contributed by atoms with Crippen LogP contribution in [0.2, 0.25) is 5.02 Å². The highest BCUT2D eigenvalue weighted by Gasteiger charge is 2.32. The highest BCUT2D eigenvalue weighted by Crippen LogP contribution is 2.25. The van der Waals surface area contributed by atoms with E-state index in [2.05, 4.69) is 5.32 Å². The van der Waals surface area contributed by atoms with Gasteiger partial charge in [-0.25, -0.2) is 8.42 Å².